The van der Waals surface area contributed by atoms with Gasteiger partial charge in [-0.1, -0.05) is 17.7 Å². The van der Waals surface area contributed by atoms with Crippen molar-refractivity contribution < 1.29 is 14.6 Å². The summed E-state index contributed by atoms with van der Waals surface area (Å²) < 4.78 is 5.08. The number of methoxy groups -OCH3 is 1. The average molecular weight is 284 g/mol. The first kappa shape index (κ1) is 14.2. The number of β-amino-alcohol motifs (C(OH)–C–C–N with tert-alkyl or cyclic N) is 1. The molecule has 1 aliphatic heterocycles. The van der Waals surface area contributed by atoms with E-state index < -0.39 is 0 Å². The Morgan fingerprint density at radius 3 is 2.95 bits per heavy atom. The molecule has 1 aromatic carbocycles. The van der Waals surface area contributed by atoms with Gasteiger partial charge in [0.05, 0.1) is 18.2 Å². The summed E-state index contributed by atoms with van der Waals surface area (Å²) in [6, 6.07) is 5.55. The average Bonchev–Trinajstić information content (AvgIpc) is 2.83. The Morgan fingerprint density at radius 1 is 1.58 bits per heavy atom. The highest BCUT2D eigenvalue weighted by Gasteiger charge is 2.23. The van der Waals surface area contributed by atoms with E-state index in [1.807, 2.05) is 18.2 Å². The number of aryl methyl sites for hydroxylation is 1. The zero-order valence-corrected chi connectivity index (χ0v) is 11.7. The summed E-state index contributed by atoms with van der Waals surface area (Å²) in [4.78, 5) is 13.6. The Balaban J connectivity index is 1.88. The number of carbonyl (C=O) groups is 1. The Labute approximate surface area is 117 Å². The maximum atomic E-state index is 11.9. The van der Waals surface area contributed by atoms with Gasteiger partial charge in [0, 0.05) is 19.5 Å². The molecule has 4 nitrogen and oxygen atoms in total. The Hall–Kier alpha value is -1.26. The molecule has 1 aromatic rings. The second-order valence-corrected chi connectivity index (χ2v) is 5.16. The lowest BCUT2D eigenvalue weighted by molar-refractivity contribution is -0.130. The number of ether oxygens (including phenoxy) is 1. The predicted molar refractivity (Wildman–Crippen MR) is 73.5 cm³/mol. The molecule has 0 bridgehead atoms. The van der Waals surface area contributed by atoms with Crippen LogP contribution in [0.25, 0.3) is 0 Å². The first-order valence-electron chi connectivity index (χ1n) is 6.38. The van der Waals surface area contributed by atoms with Crippen LogP contribution in [0.5, 0.6) is 5.75 Å². The number of hydrogen-bond acceptors (Lipinski definition) is 3. The summed E-state index contributed by atoms with van der Waals surface area (Å²) in [6.07, 6.45) is 1.41. The third-order valence-electron chi connectivity index (χ3n) is 3.36. The van der Waals surface area contributed by atoms with Gasteiger partial charge in [0.1, 0.15) is 5.75 Å². The summed E-state index contributed by atoms with van der Waals surface area (Å²) in [5.74, 6) is 0.725. The molecule has 1 atom stereocenters. The van der Waals surface area contributed by atoms with Gasteiger partial charge in [0.25, 0.3) is 0 Å². The predicted octanol–water partition coefficient (Wildman–Crippen LogP) is 1.87. The SMILES string of the molecule is COc1ccc(CCC(=O)N2CC[C@H](O)C2)cc1Cl. The van der Waals surface area contributed by atoms with Crippen LogP contribution in [0, 0.1) is 0 Å². The van der Waals surface area contributed by atoms with Crippen molar-refractivity contribution in [3.05, 3.63) is 28.8 Å². The lowest BCUT2D eigenvalue weighted by Crippen LogP contribution is -2.29. The van der Waals surface area contributed by atoms with Crippen LogP contribution in [0.15, 0.2) is 18.2 Å². The van der Waals surface area contributed by atoms with Gasteiger partial charge in [0.15, 0.2) is 0 Å². The van der Waals surface area contributed by atoms with Crippen molar-refractivity contribution in [1.29, 1.82) is 0 Å². The molecule has 0 aromatic heterocycles. The molecular weight excluding hydrogens is 266 g/mol. The van der Waals surface area contributed by atoms with E-state index in [2.05, 4.69) is 0 Å². The first-order chi connectivity index (χ1) is 9.10. The minimum absolute atomic E-state index is 0.0866. The van der Waals surface area contributed by atoms with Gasteiger partial charge in [-0.2, -0.15) is 0 Å². The number of hydrogen-bond donors (Lipinski definition) is 1. The maximum Gasteiger partial charge on any atom is 0.222 e. The second kappa shape index (κ2) is 6.26. The molecule has 0 saturated carbocycles. The number of carbonyl (C=O) groups excluding carboxylic acids is 1. The molecule has 1 aliphatic rings. The molecule has 0 aliphatic carbocycles. The lowest BCUT2D eigenvalue weighted by Gasteiger charge is -2.15. The number of benzene rings is 1. The van der Waals surface area contributed by atoms with Gasteiger partial charge in [-0.15, -0.1) is 0 Å². The monoisotopic (exact) mass is 283 g/mol. The molecule has 1 amide bonds. The van der Waals surface area contributed by atoms with Crippen LogP contribution in [0.4, 0.5) is 0 Å². The van der Waals surface area contributed by atoms with E-state index in [-0.39, 0.29) is 12.0 Å². The molecule has 0 spiro atoms. The topological polar surface area (TPSA) is 49.8 Å². The van der Waals surface area contributed by atoms with Crippen LogP contribution in [0.2, 0.25) is 5.02 Å². The Bertz CT molecular complexity index is 464. The summed E-state index contributed by atoms with van der Waals surface area (Å²) in [7, 11) is 1.57. The molecule has 2 rings (SSSR count). The van der Waals surface area contributed by atoms with Crippen molar-refractivity contribution >= 4 is 17.5 Å². The van der Waals surface area contributed by atoms with Crippen molar-refractivity contribution in [2.45, 2.75) is 25.4 Å². The summed E-state index contributed by atoms with van der Waals surface area (Å²) in [5.41, 5.74) is 1.01. The third-order valence-corrected chi connectivity index (χ3v) is 3.66. The van der Waals surface area contributed by atoms with Gasteiger partial charge in [0.2, 0.25) is 5.91 Å². The van der Waals surface area contributed by atoms with E-state index in [0.717, 1.165) is 5.56 Å². The molecule has 0 radical (unpaired) electrons. The van der Waals surface area contributed by atoms with E-state index in [1.54, 1.807) is 12.0 Å². The van der Waals surface area contributed by atoms with E-state index >= 15 is 0 Å². The normalized spacial score (nSPS) is 18.7. The molecule has 1 N–H and O–H groups in total. The maximum absolute atomic E-state index is 11.9. The van der Waals surface area contributed by atoms with Gasteiger partial charge >= 0.3 is 0 Å². The van der Waals surface area contributed by atoms with E-state index in [9.17, 15) is 9.90 Å². The number of nitrogens with zero attached hydrogens (tertiary/aromatic N) is 1. The number of likely N-dealkylation sites (tertiary alicyclic amines) is 1. The number of halogens is 1. The highest BCUT2D eigenvalue weighted by atomic mass is 35.5. The van der Waals surface area contributed by atoms with Crippen LogP contribution in [-0.4, -0.2) is 42.2 Å². The highest BCUT2D eigenvalue weighted by molar-refractivity contribution is 6.32. The van der Waals surface area contributed by atoms with Crippen molar-refractivity contribution in [3.8, 4) is 5.75 Å². The largest absolute Gasteiger partial charge is 0.495 e. The minimum Gasteiger partial charge on any atom is -0.495 e. The molecule has 104 valence electrons. The van der Waals surface area contributed by atoms with Gasteiger partial charge in [-0.05, 0) is 30.5 Å². The first-order valence-corrected chi connectivity index (χ1v) is 6.76. The molecule has 5 heteroatoms. The molecule has 1 fully saturated rings. The Kier molecular flexibility index (Phi) is 4.66. The van der Waals surface area contributed by atoms with Crippen LogP contribution < -0.4 is 4.74 Å². The standard InChI is InChI=1S/C14H18ClNO3/c1-19-13-4-2-10(8-12(13)15)3-5-14(18)16-7-6-11(17)9-16/h2,4,8,11,17H,3,5-7,9H2,1H3/t11-/m0/s1. The third kappa shape index (κ3) is 3.61. The highest BCUT2D eigenvalue weighted by Crippen LogP contribution is 2.25. The fourth-order valence-electron chi connectivity index (χ4n) is 2.24. The number of aliphatic hydroxyl groups is 1. The van der Waals surface area contributed by atoms with Crippen LogP contribution in [0.1, 0.15) is 18.4 Å². The molecule has 1 heterocycles. The quantitative estimate of drug-likeness (QED) is 0.918. The van der Waals surface area contributed by atoms with Crippen molar-refractivity contribution in [2.24, 2.45) is 0 Å². The van der Waals surface area contributed by atoms with E-state index in [1.165, 1.54) is 0 Å². The smallest absolute Gasteiger partial charge is 0.222 e. The summed E-state index contributed by atoms with van der Waals surface area (Å²) in [6.45, 7) is 1.12. The van der Waals surface area contributed by atoms with Gasteiger partial charge in [-0.25, -0.2) is 0 Å². The molecular formula is C14H18ClNO3. The minimum atomic E-state index is -0.362. The zero-order chi connectivity index (χ0) is 13.8. The lowest BCUT2D eigenvalue weighted by atomic mass is 10.1. The summed E-state index contributed by atoms with van der Waals surface area (Å²) in [5, 5.41) is 9.96. The van der Waals surface area contributed by atoms with E-state index in [0.29, 0.717) is 43.1 Å². The fourth-order valence-corrected chi connectivity index (χ4v) is 2.52. The van der Waals surface area contributed by atoms with Gasteiger partial charge in [-0.3, -0.25) is 4.79 Å². The van der Waals surface area contributed by atoms with Crippen LogP contribution in [-0.2, 0) is 11.2 Å². The fraction of sp³-hybridized carbons (Fsp3) is 0.500. The molecule has 19 heavy (non-hydrogen) atoms. The number of aliphatic hydroxyl groups excluding tert-OH is 1. The van der Waals surface area contributed by atoms with Crippen molar-refractivity contribution in [2.75, 3.05) is 20.2 Å². The van der Waals surface area contributed by atoms with Crippen LogP contribution >= 0.6 is 11.6 Å². The Morgan fingerprint density at radius 2 is 2.37 bits per heavy atom. The van der Waals surface area contributed by atoms with Crippen molar-refractivity contribution in [1.82, 2.24) is 4.90 Å². The number of amides is 1. The van der Waals surface area contributed by atoms with E-state index in [4.69, 9.17) is 16.3 Å². The molecule has 1 saturated heterocycles. The van der Waals surface area contributed by atoms with Gasteiger partial charge < -0.3 is 14.7 Å². The summed E-state index contributed by atoms with van der Waals surface area (Å²) >= 11 is 6.04. The van der Waals surface area contributed by atoms with Crippen LogP contribution in [0.3, 0.4) is 0 Å². The second-order valence-electron chi connectivity index (χ2n) is 4.75. The molecule has 0 unspecified atom stereocenters. The van der Waals surface area contributed by atoms with Crippen molar-refractivity contribution in [3.63, 3.8) is 0 Å². The zero-order valence-electron chi connectivity index (χ0n) is 10.9. The number of rotatable bonds is 4.